The van der Waals surface area contributed by atoms with Crippen LogP contribution in [0.5, 0.6) is 0 Å². The van der Waals surface area contributed by atoms with Gasteiger partial charge in [-0.15, -0.1) is 0 Å². The molecule has 240 valence electrons. The third-order valence-corrected chi connectivity index (χ3v) is 6.00. The van der Waals surface area contributed by atoms with Crippen molar-refractivity contribution in [2.45, 2.75) is 86.4 Å². The van der Waals surface area contributed by atoms with Crippen molar-refractivity contribution in [1.82, 2.24) is 9.55 Å². The predicted octanol–water partition coefficient (Wildman–Crippen LogP) is 1.54. The Kier molecular flexibility index (Phi) is 11.4. The van der Waals surface area contributed by atoms with Crippen LogP contribution in [0.2, 0.25) is 0 Å². The minimum absolute atomic E-state index is 0.349. The van der Waals surface area contributed by atoms with Gasteiger partial charge in [0.05, 0.1) is 22.9 Å². The van der Waals surface area contributed by atoms with E-state index < -0.39 is 89.8 Å². The molecule has 0 radical (unpaired) electrons. The fraction of sp³-hybridized carbons (Fsp3) is 0.714. The highest BCUT2D eigenvalue weighted by atomic mass is 16.7. The predicted molar refractivity (Wildman–Crippen MR) is 147 cm³/mol. The zero-order valence-corrected chi connectivity index (χ0v) is 26.0. The number of nitrogens with one attached hydrogen (secondary N) is 1. The van der Waals surface area contributed by atoms with E-state index in [1.54, 1.807) is 62.3 Å². The van der Waals surface area contributed by atoms with Gasteiger partial charge in [0.25, 0.3) is 11.3 Å². The second-order valence-corrected chi connectivity index (χ2v) is 12.9. The van der Waals surface area contributed by atoms with Crippen molar-refractivity contribution in [2.75, 3.05) is 27.0 Å². The number of hydrogen-bond donors (Lipinski definition) is 1. The third-order valence-electron chi connectivity index (χ3n) is 6.00. The lowest BCUT2D eigenvalue weighted by atomic mass is 9.97. The second kappa shape index (κ2) is 13.8. The molecule has 1 fully saturated rings. The maximum atomic E-state index is 12.8. The molecule has 1 aromatic rings. The van der Waals surface area contributed by atoms with Gasteiger partial charge < -0.3 is 33.2 Å². The number of rotatable bonds is 11. The van der Waals surface area contributed by atoms with Gasteiger partial charge in [-0.25, -0.2) is 4.79 Å². The largest absolute Gasteiger partial charge is 0.438 e. The van der Waals surface area contributed by atoms with Gasteiger partial charge in [-0.1, -0.05) is 0 Å². The summed E-state index contributed by atoms with van der Waals surface area (Å²) < 4.78 is 39.6. The summed E-state index contributed by atoms with van der Waals surface area (Å²) in [6.45, 7) is 12.7. The lowest BCUT2D eigenvalue weighted by Crippen LogP contribution is -2.52. The van der Waals surface area contributed by atoms with Crippen LogP contribution in [-0.2, 0) is 53.3 Å². The van der Waals surface area contributed by atoms with E-state index in [4.69, 9.17) is 33.2 Å². The molecule has 0 aliphatic carbocycles. The summed E-state index contributed by atoms with van der Waals surface area (Å²) in [7, 11) is 0. The summed E-state index contributed by atoms with van der Waals surface area (Å²) in [5.74, 6) is -1.74. The SMILES string of the molecule is CC(C)(C)C(=O)OCOC[C@H]1O[C@@](C#N)(n2ccc(=O)[nH]c2=O)C(OCOC(=O)C(C)(C)C)C1OCOC(=O)C(C)(C)C. The Morgan fingerprint density at radius 3 is 1.84 bits per heavy atom. The molecule has 2 rings (SSSR count). The van der Waals surface area contributed by atoms with Gasteiger partial charge in [-0.05, 0) is 62.3 Å². The summed E-state index contributed by atoms with van der Waals surface area (Å²) >= 11 is 0. The van der Waals surface area contributed by atoms with Crippen LogP contribution in [0, 0.1) is 27.6 Å². The van der Waals surface area contributed by atoms with Crippen molar-refractivity contribution in [3.63, 3.8) is 0 Å². The maximum absolute atomic E-state index is 12.8. The molecule has 1 N–H and O–H groups in total. The zero-order chi connectivity index (χ0) is 32.8. The first kappa shape index (κ1) is 35.6. The number of aromatic nitrogens is 2. The smallest absolute Gasteiger partial charge is 0.331 e. The monoisotopic (exact) mass is 611 g/mol. The van der Waals surface area contributed by atoms with E-state index >= 15 is 0 Å². The molecular formula is C28H41N3O12. The Labute approximate surface area is 249 Å². The van der Waals surface area contributed by atoms with E-state index in [-0.39, 0.29) is 6.61 Å². The van der Waals surface area contributed by atoms with Gasteiger partial charge in [0.1, 0.15) is 18.3 Å². The average Bonchev–Trinajstić information content (AvgIpc) is 3.17. The molecule has 1 saturated heterocycles. The quantitative estimate of drug-likeness (QED) is 0.164. The van der Waals surface area contributed by atoms with Crippen molar-refractivity contribution >= 4 is 17.9 Å². The molecule has 0 amide bonds. The number of nitrogens with zero attached hydrogens (tertiary/aromatic N) is 2. The third kappa shape index (κ3) is 9.20. The molecular weight excluding hydrogens is 570 g/mol. The molecule has 0 saturated carbocycles. The van der Waals surface area contributed by atoms with Crippen molar-refractivity contribution in [3.05, 3.63) is 33.1 Å². The fourth-order valence-electron chi connectivity index (χ4n) is 3.57. The van der Waals surface area contributed by atoms with Crippen LogP contribution >= 0.6 is 0 Å². The number of hydrogen-bond acceptors (Lipinski definition) is 13. The summed E-state index contributed by atoms with van der Waals surface area (Å²) in [5, 5.41) is 10.4. The molecule has 0 aromatic carbocycles. The van der Waals surface area contributed by atoms with Crippen LogP contribution in [-0.4, -0.2) is 72.8 Å². The molecule has 0 bridgehead atoms. The van der Waals surface area contributed by atoms with Crippen LogP contribution in [0.25, 0.3) is 0 Å². The highest BCUT2D eigenvalue weighted by Gasteiger charge is 2.60. The van der Waals surface area contributed by atoms with Crippen LogP contribution in [0.15, 0.2) is 21.9 Å². The molecule has 15 nitrogen and oxygen atoms in total. The van der Waals surface area contributed by atoms with E-state index in [0.29, 0.717) is 0 Å². The summed E-state index contributed by atoms with van der Waals surface area (Å²) in [4.78, 5) is 63.5. The van der Waals surface area contributed by atoms with Gasteiger partial charge in [0.2, 0.25) is 0 Å². The topological polar surface area (TPSA) is 194 Å². The Hall–Kier alpha value is -3.58. The summed E-state index contributed by atoms with van der Waals surface area (Å²) in [6.07, 6.45) is -2.94. The van der Waals surface area contributed by atoms with Gasteiger partial charge in [0, 0.05) is 12.3 Å². The number of nitriles is 1. The van der Waals surface area contributed by atoms with Gasteiger partial charge >= 0.3 is 23.6 Å². The molecule has 0 spiro atoms. The van der Waals surface area contributed by atoms with E-state index in [0.717, 1.165) is 16.8 Å². The lowest BCUT2D eigenvalue weighted by molar-refractivity contribution is -0.199. The number of ether oxygens (including phenoxy) is 7. The number of esters is 3. The minimum Gasteiger partial charge on any atom is -0.438 e. The maximum Gasteiger partial charge on any atom is 0.331 e. The fourth-order valence-corrected chi connectivity index (χ4v) is 3.57. The summed E-state index contributed by atoms with van der Waals surface area (Å²) in [6, 6.07) is 2.91. The molecule has 15 heteroatoms. The second-order valence-electron chi connectivity index (χ2n) is 12.9. The molecule has 1 aliphatic rings. The normalized spacial score (nSPS) is 22.5. The summed E-state index contributed by atoms with van der Waals surface area (Å²) in [5.41, 5.74) is -6.55. The van der Waals surface area contributed by atoms with Gasteiger partial charge in [-0.2, -0.15) is 5.26 Å². The van der Waals surface area contributed by atoms with Crippen molar-refractivity contribution in [1.29, 1.82) is 5.26 Å². The number of aromatic amines is 1. The van der Waals surface area contributed by atoms with E-state index in [2.05, 4.69) is 4.98 Å². The number of H-pyrrole nitrogens is 1. The zero-order valence-electron chi connectivity index (χ0n) is 26.0. The average molecular weight is 612 g/mol. The molecule has 2 heterocycles. The standard InChI is InChI=1S/C28H41N3O12/c1-25(2,3)21(33)40-14-37-12-17-19(38-15-41-22(34)26(4,5)6)20(39-16-42-23(35)27(7,8)9)28(13-29,43-17)31-11-10-18(32)30-24(31)36/h10-11,17,19-20H,12,14-16H2,1-9H3,(H,30,32,36)/t17-,19?,20?,28-/m1/s1. The van der Waals surface area contributed by atoms with E-state index in [1.165, 1.54) is 0 Å². The van der Waals surface area contributed by atoms with E-state index in [1.807, 2.05) is 6.07 Å². The Morgan fingerprint density at radius 2 is 1.37 bits per heavy atom. The van der Waals surface area contributed by atoms with Crippen molar-refractivity contribution in [2.24, 2.45) is 16.2 Å². The van der Waals surface area contributed by atoms with Crippen LogP contribution < -0.4 is 11.2 Å². The van der Waals surface area contributed by atoms with Crippen LogP contribution in [0.1, 0.15) is 62.3 Å². The Morgan fingerprint density at radius 1 is 0.884 bits per heavy atom. The number of carbonyl (C=O) groups is 3. The molecule has 1 aliphatic heterocycles. The van der Waals surface area contributed by atoms with Gasteiger partial charge in [-0.3, -0.25) is 28.7 Å². The number of carbonyl (C=O) groups excluding carboxylic acids is 3. The van der Waals surface area contributed by atoms with E-state index in [9.17, 15) is 29.2 Å². The Bertz CT molecular complexity index is 1310. The lowest BCUT2D eigenvalue weighted by Gasteiger charge is -2.30. The van der Waals surface area contributed by atoms with Crippen LogP contribution in [0.3, 0.4) is 0 Å². The molecule has 4 atom stereocenters. The first-order chi connectivity index (χ1) is 19.7. The van der Waals surface area contributed by atoms with Crippen LogP contribution in [0.4, 0.5) is 0 Å². The molecule has 1 aromatic heterocycles. The first-order valence-electron chi connectivity index (χ1n) is 13.5. The first-order valence-corrected chi connectivity index (χ1v) is 13.5. The highest BCUT2D eigenvalue weighted by Crippen LogP contribution is 2.38. The Balaban J connectivity index is 2.45. The highest BCUT2D eigenvalue weighted by molar-refractivity contribution is 5.76. The van der Waals surface area contributed by atoms with Gasteiger partial charge in [0.15, 0.2) is 26.5 Å². The van der Waals surface area contributed by atoms with Crippen molar-refractivity contribution in [3.8, 4) is 6.07 Å². The minimum atomic E-state index is -2.29. The van der Waals surface area contributed by atoms with Crippen molar-refractivity contribution < 1.29 is 47.5 Å². The molecule has 43 heavy (non-hydrogen) atoms. The molecule has 2 unspecified atom stereocenters.